The van der Waals surface area contributed by atoms with Gasteiger partial charge in [0.25, 0.3) is 0 Å². The van der Waals surface area contributed by atoms with Crippen LogP contribution in [0.2, 0.25) is 5.02 Å². The number of nitrogen functional groups attached to an aromatic ring is 1. The van der Waals surface area contributed by atoms with E-state index in [2.05, 4.69) is 41.1 Å². The van der Waals surface area contributed by atoms with E-state index in [1.165, 1.54) is 5.69 Å². The molecular weight excluding hydrogens is 286 g/mol. The van der Waals surface area contributed by atoms with E-state index < -0.39 is 0 Å². The summed E-state index contributed by atoms with van der Waals surface area (Å²) in [6.07, 6.45) is 2.02. The van der Waals surface area contributed by atoms with Gasteiger partial charge in [0.1, 0.15) is 5.82 Å². The van der Waals surface area contributed by atoms with Crippen LogP contribution in [0.15, 0.2) is 36.5 Å². The van der Waals surface area contributed by atoms with E-state index in [0.717, 1.165) is 30.8 Å². The van der Waals surface area contributed by atoms with Crippen LogP contribution in [0.5, 0.6) is 0 Å². The first-order valence-electron chi connectivity index (χ1n) is 7.01. The molecule has 3 rings (SSSR count). The molecule has 0 amide bonds. The van der Waals surface area contributed by atoms with E-state index >= 15 is 0 Å². The van der Waals surface area contributed by atoms with Crippen LogP contribution >= 0.6 is 11.6 Å². The number of nitrogens with two attached hydrogens (primary N) is 1. The van der Waals surface area contributed by atoms with Crippen molar-refractivity contribution in [2.24, 2.45) is 0 Å². The van der Waals surface area contributed by atoms with Crippen LogP contribution in [-0.2, 0) is 4.74 Å². The number of halogens is 1. The van der Waals surface area contributed by atoms with Crippen molar-refractivity contribution in [1.82, 2.24) is 4.98 Å². The number of hydrogen-bond acceptors (Lipinski definition) is 4. The molecule has 1 aromatic heterocycles. The Morgan fingerprint density at radius 2 is 2.05 bits per heavy atom. The fraction of sp³-hybridized carbons (Fsp3) is 0.312. The lowest BCUT2D eigenvalue weighted by Gasteiger charge is -2.33. The van der Waals surface area contributed by atoms with Crippen LogP contribution in [-0.4, -0.2) is 30.8 Å². The molecule has 21 heavy (non-hydrogen) atoms. The van der Waals surface area contributed by atoms with Crippen LogP contribution in [0.3, 0.4) is 0 Å². The van der Waals surface area contributed by atoms with Crippen LogP contribution in [0.25, 0.3) is 11.1 Å². The third kappa shape index (κ3) is 3.12. The van der Waals surface area contributed by atoms with Gasteiger partial charge in [0.05, 0.1) is 17.7 Å². The molecule has 0 radical (unpaired) electrons. The molecule has 1 aliphatic heterocycles. The highest BCUT2D eigenvalue weighted by Gasteiger charge is 2.16. The van der Waals surface area contributed by atoms with E-state index in [1.54, 1.807) is 6.20 Å². The number of nitrogens with zero attached hydrogens (tertiary/aromatic N) is 2. The third-order valence-electron chi connectivity index (χ3n) is 3.68. The number of rotatable bonds is 2. The molecule has 1 atom stereocenters. The Hall–Kier alpha value is -1.78. The summed E-state index contributed by atoms with van der Waals surface area (Å²) in [7, 11) is 0. The SMILES string of the molecule is CC1CN(c2ccc(-c3cnc(N)c(Cl)c3)cc2)CCO1. The minimum atomic E-state index is 0.276. The fourth-order valence-electron chi connectivity index (χ4n) is 2.52. The molecule has 0 saturated carbocycles. The Bertz CT molecular complexity index is 630. The van der Waals surface area contributed by atoms with Crippen molar-refractivity contribution in [2.45, 2.75) is 13.0 Å². The summed E-state index contributed by atoms with van der Waals surface area (Å²) in [6.45, 7) is 4.73. The van der Waals surface area contributed by atoms with Crippen molar-refractivity contribution in [3.63, 3.8) is 0 Å². The molecule has 1 unspecified atom stereocenters. The normalized spacial score (nSPS) is 18.8. The molecular formula is C16H18ClN3O. The van der Waals surface area contributed by atoms with Gasteiger partial charge in [-0.3, -0.25) is 0 Å². The predicted octanol–water partition coefficient (Wildman–Crippen LogP) is 3.21. The lowest BCUT2D eigenvalue weighted by molar-refractivity contribution is 0.0532. The minimum Gasteiger partial charge on any atom is -0.382 e. The Morgan fingerprint density at radius 1 is 1.29 bits per heavy atom. The second-order valence-corrected chi connectivity index (χ2v) is 5.67. The Morgan fingerprint density at radius 3 is 2.71 bits per heavy atom. The average Bonchev–Trinajstić information content (AvgIpc) is 2.50. The molecule has 0 bridgehead atoms. The maximum absolute atomic E-state index is 6.02. The smallest absolute Gasteiger partial charge is 0.142 e. The summed E-state index contributed by atoms with van der Waals surface area (Å²) < 4.78 is 5.57. The highest BCUT2D eigenvalue weighted by molar-refractivity contribution is 6.33. The second-order valence-electron chi connectivity index (χ2n) is 5.27. The molecule has 2 aromatic rings. The van der Waals surface area contributed by atoms with E-state index in [4.69, 9.17) is 22.1 Å². The zero-order chi connectivity index (χ0) is 14.8. The number of pyridine rings is 1. The van der Waals surface area contributed by atoms with Gasteiger partial charge < -0.3 is 15.4 Å². The Kier molecular flexibility index (Phi) is 3.99. The standard InChI is InChI=1S/C16H18ClN3O/c1-11-10-20(6-7-21-11)14-4-2-12(3-5-14)13-8-15(17)16(18)19-9-13/h2-5,8-9,11H,6-7,10H2,1H3,(H2,18,19). The maximum atomic E-state index is 6.02. The van der Waals surface area contributed by atoms with Crippen LogP contribution in [0, 0.1) is 0 Å². The topological polar surface area (TPSA) is 51.4 Å². The van der Waals surface area contributed by atoms with Gasteiger partial charge in [0.15, 0.2) is 0 Å². The zero-order valence-electron chi connectivity index (χ0n) is 11.9. The molecule has 2 heterocycles. The van der Waals surface area contributed by atoms with Crippen molar-refractivity contribution in [3.8, 4) is 11.1 Å². The van der Waals surface area contributed by atoms with Gasteiger partial charge in [-0.2, -0.15) is 0 Å². The van der Waals surface area contributed by atoms with E-state index in [1.807, 2.05) is 6.07 Å². The van der Waals surface area contributed by atoms with E-state index in [-0.39, 0.29) is 6.10 Å². The summed E-state index contributed by atoms with van der Waals surface area (Å²) in [4.78, 5) is 6.44. The summed E-state index contributed by atoms with van der Waals surface area (Å²) in [5.74, 6) is 0.361. The molecule has 1 aliphatic rings. The first-order chi connectivity index (χ1) is 10.1. The molecule has 5 heteroatoms. The molecule has 0 aliphatic carbocycles. The summed E-state index contributed by atoms with van der Waals surface area (Å²) in [5.41, 5.74) is 8.90. The van der Waals surface area contributed by atoms with Gasteiger partial charge in [0.2, 0.25) is 0 Å². The summed E-state index contributed by atoms with van der Waals surface area (Å²) in [5, 5.41) is 0.485. The summed E-state index contributed by atoms with van der Waals surface area (Å²) in [6, 6.07) is 10.3. The Balaban J connectivity index is 1.81. The Labute approximate surface area is 129 Å². The van der Waals surface area contributed by atoms with E-state index in [0.29, 0.717) is 10.8 Å². The van der Waals surface area contributed by atoms with Crippen molar-refractivity contribution in [2.75, 3.05) is 30.3 Å². The number of anilines is 2. The number of ether oxygens (including phenoxy) is 1. The number of aromatic nitrogens is 1. The lowest BCUT2D eigenvalue weighted by Crippen LogP contribution is -2.41. The third-order valence-corrected chi connectivity index (χ3v) is 3.98. The van der Waals surface area contributed by atoms with Gasteiger partial charge in [-0.1, -0.05) is 23.7 Å². The number of hydrogen-bond donors (Lipinski definition) is 1. The molecule has 1 aromatic carbocycles. The van der Waals surface area contributed by atoms with Crippen molar-refractivity contribution < 1.29 is 4.74 Å². The first kappa shape index (κ1) is 14.2. The first-order valence-corrected chi connectivity index (χ1v) is 7.39. The monoisotopic (exact) mass is 303 g/mol. The van der Waals surface area contributed by atoms with Gasteiger partial charge in [0, 0.05) is 30.5 Å². The molecule has 1 saturated heterocycles. The summed E-state index contributed by atoms with van der Waals surface area (Å²) >= 11 is 6.02. The van der Waals surface area contributed by atoms with Gasteiger partial charge >= 0.3 is 0 Å². The largest absolute Gasteiger partial charge is 0.382 e. The molecule has 0 spiro atoms. The van der Waals surface area contributed by atoms with Crippen molar-refractivity contribution >= 4 is 23.1 Å². The maximum Gasteiger partial charge on any atom is 0.142 e. The number of benzene rings is 1. The van der Waals surface area contributed by atoms with Crippen LogP contribution in [0.1, 0.15) is 6.92 Å². The minimum absolute atomic E-state index is 0.276. The lowest BCUT2D eigenvalue weighted by atomic mass is 10.1. The average molecular weight is 304 g/mol. The molecule has 1 fully saturated rings. The van der Waals surface area contributed by atoms with Gasteiger partial charge in [-0.15, -0.1) is 0 Å². The highest BCUT2D eigenvalue weighted by Crippen LogP contribution is 2.27. The van der Waals surface area contributed by atoms with Crippen LogP contribution in [0.4, 0.5) is 11.5 Å². The van der Waals surface area contributed by atoms with Crippen molar-refractivity contribution in [1.29, 1.82) is 0 Å². The van der Waals surface area contributed by atoms with Gasteiger partial charge in [-0.25, -0.2) is 4.98 Å². The highest BCUT2D eigenvalue weighted by atomic mass is 35.5. The predicted molar refractivity (Wildman–Crippen MR) is 86.7 cm³/mol. The molecule has 2 N–H and O–H groups in total. The van der Waals surface area contributed by atoms with Crippen molar-refractivity contribution in [3.05, 3.63) is 41.6 Å². The second kappa shape index (κ2) is 5.92. The molecule has 4 nitrogen and oxygen atoms in total. The zero-order valence-corrected chi connectivity index (χ0v) is 12.7. The number of morpholine rings is 1. The van der Waals surface area contributed by atoms with Crippen LogP contribution < -0.4 is 10.6 Å². The van der Waals surface area contributed by atoms with Gasteiger partial charge in [-0.05, 0) is 30.7 Å². The quantitative estimate of drug-likeness (QED) is 0.925. The molecule has 110 valence electrons. The van der Waals surface area contributed by atoms with E-state index in [9.17, 15) is 0 Å². The fourth-order valence-corrected chi connectivity index (χ4v) is 2.69.